The number of rotatable bonds is 3. The standard InChI is InChI=1S/C37H23N3/c38-24-26-22-21-25(23-37(26)40-35-19-9-4-14-30(35)31-15-5-10-20-36(31)40)27-11-1-6-16-32(27)39-33-17-7-2-12-28(33)29-13-3-8-18-34(29)39/h1-23H/i1D,6D,11D,16D,21D,22D,23D. The highest BCUT2D eigenvalue weighted by Gasteiger charge is 2.18. The normalized spacial score (nSPS) is 13.9. The molecule has 8 rings (SSSR count). The minimum atomic E-state index is -0.525. The molecule has 2 aromatic heterocycles. The summed E-state index contributed by atoms with van der Waals surface area (Å²) in [5.41, 5.74) is 2.47. The smallest absolute Gasteiger partial charge is 0.101 e. The Morgan fingerprint density at radius 2 is 0.975 bits per heavy atom. The van der Waals surface area contributed by atoms with Gasteiger partial charge in [0.15, 0.2) is 0 Å². The SMILES string of the molecule is [2H]c1c([2H])c([2H])c(-n2c3ccccc3c3ccccc32)c(-c2c([2H])c([2H])c(C#N)c(-n3c4ccccc4c4ccccc43)c2[2H])c1[2H]. The molecule has 0 saturated carbocycles. The quantitative estimate of drug-likeness (QED) is 0.230. The van der Waals surface area contributed by atoms with Crippen LogP contribution in [0.4, 0.5) is 0 Å². The van der Waals surface area contributed by atoms with Crippen molar-refractivity contribution in [1.82, 2.24) is 9.13 Å². The van der Waals surface area contributed by atoms with Crippen LogP contribution in [0.15, 0.2) is 139 Å². The zero-order valence-corrected chi connectivity index (χ0v) is 21.1. The van der Waals surface area contributed by atoms with E-state index in [1.807, 2.05) is 97.1 Å². The molecule has 0 aliphatic rings. The van der Waals surface area contributed by atoms with E-state index in [2.05, 4.69) is 6.07 Å². The summed E-state index contributed by atoms with van der Waals surface area (Å²) in [5.74, 6) is 0. The third kappa shape index (κ3) is 3.17. The first-order valence-corrected chi connectivity index (χ1v) is 12.9. The van der Waals surface area contributed by atoms with Crippen molar-refractivity contribution in [1.29, 1.82) is 5.26 Å². The average molecular weight is 517 g/mol. The van der Waals surface area contributed by atoms with E-state index in [1.54, 1.807) is 9.13 Å². The van der Waals surface area contributed by atoms with Crippen LogP contribution in [0.5, 0.6) is 0 Å². The van der Waals surface area contributed by atoms with Crippen LogP contribution in [0.3, 0.4) is 0 Å². The summed E-state index contributed by atoms with van der Waals surface area (Å²) >= 11 is 0. The highest BCUT2D eigenvalue weighted by atomic mass is 15.0. The predicted molar refractivity (Wildman–Crippen MR) is 165 cm³/mol. The van der Waals surface area contributed by atoms with Crippen molar-refractivity contribution < 1.29 is 9.60 Å². The van der Waals surface area contributed by atoms with Gasteiger partial charge in [0, 0.05) is 27.1 Å². The molecular weight excluding hydrogens is 486 g/mol. The average Bonchev–Trinajstić information content (AvgIpc) is 3.61. The van der Waals surface area contributed by atoms with E-state index in [4.69, 9.17) is 4.11 Å². The highest BCUT2D eigenvalue weighted by Crippen LogP contribution is 2.38. The van der Waals surface area contributed by atoms with Gasteiger partial charge in [-0.15, -0.1) is 0 Å². The molecule has 0 aliphatic heterocycles. The summed E-state index contributed by atoms with van der Waals surface area (Å²) in [6.45, 7) is 0. The van der Waals surface area contributed by atoms with Crippen LogP contribution in [0, 0.1) is 11.3 Å². The summed E-state index contributed by atoms with van der Waals surface area (Å²) in [7, 11) is 0. The largest absolute Gasteiger partial charge is 0.309 e. The van der Waals surface area contributed by atoms with E-state index < -0.39 is 30.2 Å². The van der Waals surface area contributed by atoms with Gasteiger partial charge in [0.1, 0.15) is 6.07 Å². The van der Waals surface area contributed by atoms with E-state index in [-0.39, 0.29) is 40.1 Å². The molecule has 0 N–H and O–H groups in total. The molecular formula is C37H23N3. The molecule has 0 atom stereocenters. The fraction of sp³-hybridized carbons (Fsp3) is 0. The predicted octanol–water partition coefficient (Wildman–Crippen LogP) is 9.42. The Morgan fingerprint density at radius 1 is 0.525 bits per heavy atom. The molecule has 8 aromatic rings. The molecule has 0 radical (unpaired) electrons. The van der Waals surface area contributed by atoms with Crippen LogP contribution in [-0.2, 0) is 0 Å². The number of nitrogens with zero attached hydrogens (tertiary/aromatic N) is 3. The Bertz CT molecular complexity index is 2570. The molecule has 0 amide bonds. The van der Waals surface area contributed by atoms with Crippen molar-refractivity contribution in [2.45, 2.75) is 0 Å². The van der Waals surface area contributed by atoms with Gasteiger partial charge in [-0.05, 0) is 48.0 Å². The topological polar surface area (TPSA) is 33.6 Å². The monoisotopic (exact) mass is 516 g/mol. The van der Waals surface area contributed by atoms with Gasteiger partial charge in [-0.1, -0.05) is 97.0 Å². The maximum absolute atomic E-state index is 10.4. The molecule has 6 aromatic carbocycles. The molecule has 0 aliphatic carbocycles. The van der Waals surface area contributed by atoms with Crippen LogP contribution in [0.25, 0.3) is 66.1 Å². The molecule has 0 fully saturated rings. The second-order valence-electron chi connectivity index (χ2n) is 9.55. The van der Waals surface area contributed by atoms with Crippen LogP contribution in [0.2, 0.25) is 0 Å². The number of aromatic nitrogens is 2. The molecule has 40 heavy (non-hydrogen) atoms. The van der Waals surface area contributed by atoms with Crippen molar-refractivity contribution in [2.75, 3.05) is 0 Å². The number of hydrogen-bond acceptors (Lipinski definition) is 1. The Balaban J connectivity index is 1.59. The van der Waals surface area contributed by atoms with Crippen LogP contribution in [0.1, 0.15) is 15.2 Å². The van der Waals surface area contributed by atoms with Gasteiger partial charge in [-0.25, -0.2) is 0 Å². The van der Waals surface area contributed by atoms with E-state index in [0.29, 0.717) is 22.1 Å². The third-order valence-electron chi connectivity index (χ3n) is 7.43. The molecule has 0 saturated heterocycles. The van der Waals surface area contributed by atoms with E-state index in [1.165, 1.54) is 0 Å². The Morgan fingerprint density at radius 3 is 1.48 bits per heavy atom. The molecule has 186 valence electrons. The maximum Gasteiger partial charge on any atom is 0.101 e. The Hall–Kier alpha value is -5.59. The minimum Gasteiger partial charge on any atom is -0.309 e. The van der Waals surface area contributed by atoms with Crippen molar-refractivity contribution in [3.05, 3.63) is 145 Å². The second-order valence-corrected chi connectivity index (χ2v) is 9.55. The summed E-state index contributed by atoms with van der Waals surface area (Å²) in [5, 5.41) is 13.9. The first-order valence-electron chi connectivity index (χ1n) is 16.4. The summed E-state index contributed by atoms with van der Waals surface area (Å²) in [6, 6.07) is 29.3. The van der Waals surface area contributed by atoms with Gasteiger partial charge in [0.25, 0.3) is 0 Å². The van der Waals surface area contributed by atoms with Crippen LogP contribution in [-0.4, -0.2) is 9.13 Å². The minimum absolute atomic E-state index is 0.0627. The first kappa shape index (κ1) is 16.4. The van der Waals surface area contributed by atoms with Gasteiger partial charge in [0.2, 0.25) is 0 Å². The lowest BCUT2D eigenvalue weighted by atomic mass is 10.00. The van der Waals surface area contributed by atoms with Gasteiger partial charge >= 0.3 is 0 Å². The van der Waals surface area contributed by atoms with Gasteiger partial charge in [0.05, 0.1) is 48.6 Å². The lowest BCUT2D eigenvalue weighted by Crippen LogP contribution is -2.00. The fourth-order valence-corrected chi connectivity index (χ4v) is 5.75. The van der Waals surface area contributed by atoms with Crippen molar-refractivity contribution in [3.63, 3.8) is 0 Å². The highest BCUT2D eigenvalue weighted by molar-refractivity contribution is 6.10. The molecule has 0 unspecified atom stereocenters. The van der Waals surface area contributed by atoms with E-state index in [0.717, 1.165) is 21.5 Å². The van der Waals surface area contributed by atoms with Gasteiger partial charge in [-0.3, -0.25) is 0 Å². The van der Waals surface area contributed by atoms with Crippen LogP contribution < -0.4 is 0 Å². The van der Waals surface area contributed by atoms with E-state index in [9.17, 15) is 10.7 Å². The number of para-hydroxylation sites is 5. The third-order valence-corrected chi connectivity index (χ3v) is 7.43. The zero-order valence-electron chi connectivity index (χ0n) is 28.1. The summed E-state index contributed by atoms with van der Waals surface area (Å²) in [6.07, 6.45) is 0. The number of nitriles is 1. The number of hydrogen-bond donors (Lipinski definition) is 0. The molecule has 0 spiro atoms. The Labute approximate surface area is 241 Å². The molecule has 3 nitrogen and oxygen atoms in total. The summed E-state index contributed by atoms with van der Waals surface area (Å²) < 4.78 is 67.2. The van der Waals surface area contributed by atoms with Gasteiger partial charge in [-0.2, -0.15) is 5.26 Å². The maximum atomic E-state index is 10.4. The molecule has 0 bridgehead atoms. The van der Waals surface area contributed by atoms with Crippen molar-refractivity contribution >= 4 is 43.6 Å². The Kier molecular flexibility index (Phi) is 3.58. The lowest BCUT2D eigenvalue weighted by Gasteiger charge is -2.16. The summed E-state index contributed by atoms with van der Waals surface area (Å²) in [4.78, 5) is 0. The van der Waals surface area contributed by atoms with Crippen LogP contribution >= 0.6 is 0 Å². The zero-order chi connectivity index (χ0) is 32.7. The van der Waals surface area contributed by atoms with E-state index >= 15 is 0 Å². The van der Waals surface area contributed by atoms with Crippen molar-refractivity contribution in [2.24, 2.45) is 0 Å². The molecule has 2 heterocycles. The van der Waals surface area contributed by atoms with Crippen molar-refractivity contribution in [3.8, 4) is 28.6 Å². The molecule has 3 heteroatoms. The lowest BCUT2D eigenvalue weighted by molar-refractivity contribution is 1.16. The number of benzene rings is 6. The second kappa shape index (κ2) is 8.73. The fourth-order valence-electron chi connectivity index (χ4n) is 5.75. The number of fused-ring (bicyclic) bond motifs is 6. The first-order chi connectivity index (χ1) is 22.8. The van der Waals surface area contributed by atoms with Gasteiger partial charge < -0.3 is 9.13 Å².